The van der Waals surface area contributed by atoms with Crippen LogP contribution < -0.4 is 10.5 Å². The molecule has 0 unspecified atom stereocenters. The number of rotatable bonds is 3. The molecule has 1 aromatic heterocycles. The molecule has 4 nitrogen and oxygen atoms in total. The normalized spacial score (nSPS) is 10.3. The molecule has 0 fully saturated rings. The largest absolute Gasteiger partial charge is 0.496 e. The maximum Gasteiger partial charge on any atom is 0.159 e. The van der Waals surface area contributed by atoms with Gasteiger partial charge in [0.05, 0.1) is 12.8 Å². The average Bonchev–Trinajstić information content (AvgIpc) is 2.38. The number of nitrogens with two attached hydrogens (primary N) is 1. The van der Waals surface area contributed by atoms with Crippen LogP contribution in [-0.4, -0.2) is 17.1 Å². The summed E-state index contributed by atoms with van der Waals surface area (Å²) in [6, 6.07) is 7.69. The van der Waals surface area contributed by atoms with E-state index in [2.05, 4.69) is 9.97 Å². The fourth-order valence-electron chi connectivity index (χ4n) is 1.67. The van der Waals surface area contributed by atoms with Crippen molar-refractivity contribution in [2.75, 3.05) is 7.11 Å². The Bertz CT molecular complexity index is 526. The Kier molecular flexibility index (Phi) is 3.35. The second-order valence-electron chi connectivity index (χ2n) is 3.76. The predicted octanol–water partition coefficient (Wildman–Crippen LogP) is 1.92. The minimum Gasteiger partial charge on any atom is -0.496 e. The van der Waals surface area contributed by atoms with Crippen LogP contribution in [0.3, 0.4) is 0 Å². The van der Waals surface area contributed by atoms with Crippen LogP contribution in [0, 0.1) is 6.92 Å². The summed E-state index contributed by atoms with van der Waals surface area (Å²) < 4.78 is 5.22. The molecule has 2 N–H and O–H groups in total. The van der Waals surface area contributed by atoms with Gasteiger partial charge in [0.1, 0.15) is 5.75 Å². The maximum absolute atomic E-state index is 5.56. The highest BCUT2D eigenvalue weighted by molar-refractivity contribution is 5.58. The highest BCUT2D eigenvalue weighted by Gasteiger charge is 2.05. The number of hydrogen-bond donors (Lipinski definition) is 1. The molecule has 0 spiro atoms. The standard InChI is InChI=1S/C13H15N3O/c1-9-7-10(3-4-12(9)17-2)13-15-6-5-11(8-14)16-13/h3-7H,8,14H2,1-2H3. The summed E-state index contributed by atoms with van der Waals surface area (Å²) in [5.41, 5.74) is 8.43. The van der Waals surface area contributed by atoms with Gasteiger partial charge in [-0.15, -0.1) is 0 Å². The van der Waals surface area contributed by atoms with Gasteiger partial charge < -0.3 is 10.5 Å². The summed E-state index contributed by atoms with van der Waals surface area (Å²) in [5.74, 6) is 1.56. The summed E-state index contributed by atoms with van der Waals surface area (Å²) in [6.07, 6.45) is 1.73. The Morgan fingerprint density at radius 3 is 2.76 bits per heavy atom. The minimum absolute atomic E-state index is 0.421. The number of benzene rings is 1. The van der Waals surface area contributed by atoms with Crippen molar-refractivity contribution in [1.82, 2.24) is 9.97 Å². The van der Waals surface area contributed by atoms with Gasteiger partial charge >= 0.3 is 0 Å². The van der Waals surface area contributed by atoms with Crippen molar-refractivity contribution in [3.63, 3.8) is 0 Å². The zero-order valence-corrected chi connectivity index (χ0v) is 9.97. The molecule has 2 rings (SSSR count). The van der Waals surface area contributed by atoms with E-state index in [9.17, 15) is 0 Å². The summed E-state index contributed by atoms with van der Waals surface area (Å²) >= 11 is 0. The van der Waals surface area contributed by atoms with Crippen molar-refractivity contribution < 1.29 is 4.74 Å². The lowest BCUT2D eigenvalue weighted by atomic mass is 10.1. The summed E-state index contributed by atoms with van der Waals surface area (Å²) in [6.45, 7) is 2.42. The molecule has 88 valence electrons. The van der Waals surface area contributed by atoms with Crippen LogP contribution in [-0.2, 0) is 6.54 Å². The lowest BCUT2D eigenvalue weighted by Gasteiger charge is -2.07. The lowest BCUT2D eigenvalue weighted by Crippen LogP contribution is -2.01. The molecule has 17 heavy (non-hydrogen) atoms. The molecule has 0 aliphatic heterocycles. The number of aromatic nitrogens is 2. The Morgan fingerprint density at radius 2 is 2.12 bits per heavy atom. The van der Waals surface area contributed by atoms with Crippen LogP contribution in [0.4, 0.5) is 0 Å². The SMILES string of the molecule is COc1ccc(-c2nccc(CN)n2)cc1C. The zero-order chi connectivity index (χ0) is 12.3. The van der Waals surface area contributed by atoms with E-state index in [4.69, 9.17) is 10.5 Å². The van der Waals surface area contributed by atoms with Crippen molar-refractivity contribution in [3.8, 4) is 17.1 Å². The molecule has 4 heteroatoms. The number of ether oxygens (including phenoxy) is 1. The van der Waals surface area contributed by atoms with Gasteiger partial charge in [-0.2, -0.15) is 0 Å². The van der Waals surface area contributed by atoms with Crippen molar-refractivity contribution >= 4 is 0 Å². The van der Waals surface area contributed by atoms with Crippen LogP contribution in [0.5, 0.6) is 5.75 Å². The van der Waals surface area contributed by atoms with Crippen LogP contribution >= 0.6 is 0 Å². The highest BCUT2D eigenvalue weighted by Crippen LogP contribution is 2.23. The van der Waals surface area contributed by atoms with Crippen molar-refractivity contribution in [2.45, 2.75) is 13.5 Å². The number of nitrogens with zero attached hydrogens (tertiary/aromatic N) is 2. The molecular formula is C13H15N3O. The topological polar surface area (TPSA) is 61.0 Å². The van der Waals surface area contributed by atoms with Gasteiger partial charge in [-0.3, -0.25) is 0 Å². The Labute approximate surface area is 100 Å². The molecule has 0 aliphatic rings. The number of methoxy groups -OCH3 is 1. The van der Waals surface area contributed by atoms with E-state index in [-0.39, 0.29) is 0 Å². The summed E-state index contributed by atoms with van der Waals surface area (Å²) in [5, 5.41) is 0. The van der Waals surface area contributed by atoms with Crippen molar-refractivity contribution in [3.05, 3.63) is 41.7 Å². The molecule has 0 saturated heterocycles. The first kappa shape index (κ1) is 11.5. The average molecular weight is 229 g/mol. The van der Waals surface area contributed by atoms with Gasteiger partial charge in [-0.1, -0.05) is 0 Å². The van der Waals surface area contributed by atoms with Gasteiger partial charge in [0.25, 0.3) is 0 Å². The molecule has 0 amide bonds. The molecule has 0 aliphatic carbocycles. The van der Waals surface area contributed by atoms with Crippen molar-refractivity contribution in [1.29, 1.82) is 0 Å². The van der Waals surface area contributed by atoms with Crippen LogP contribution in [0.1, 0.15) is 11.3 Å². The van der Waals surface area contributed by atoms with Gasteiger partial charge in [-0.25, -0.2) is 9.97 Å². The Morgan fingerprint density at radius 1 is 1.29 bits per heavy atom. The van der Waals surface area contributed by atoms with E-state index < -0.39 is 0 Å². The van der Waals surface area contributed by atoms with Crippen molar-refractivity contribution in [2.24, 2.45) is 5.73 Å². The second-order valence-corrected chi connectivity index (χ2v) is 3.76. The van der Waals surface area contributed by atoms with E-state index in [0.29, 0.717) is 12.4 Å². The van der Waals surface area contributed by atoms with Gasteiger partial charge in [0, 0.05) is 18.3 Å². The van der Waals surface area contributed by atoms with E-state index in [0.717, 1.165) is 22.6 Å². The third kappa shape index (κ3) is 2.42. The minimum atomic E-state index is 0.421. The highest BCUT2D eigenvalue weighted by atomic mass is 16.5. The summed E-state index contributed by atoms with van der Waals surface area (Å²) in [4.78, 5) is 8.63. The summed E-state index contributed by atoms with van der Waals surface area (Å²) in [7, 11) is 1.66. The molecule has 1 aromatic carbocycles. The fourth-order valence-corrected chi connectivity index (χ4v) is 1.67. The smallest absolute Gasteiger partial charge is 0.159 e. The molecule has 2 aromatic rings. The van der Waals surface area contributed by atoms with Gasteiger partial charge in [0.15, 0.2) is 5.82 Å². The second kappa shape index (κ2) is 4.93. The van der Waals surface area contributed by atoms with E-state index in [1.165, 1.54) is 0 Å². The molecule has 0 atom stereocenters. The number of hydrogen-bond acceptors (Lipinski definition) is 4. The third-order valence-electron chi connectivity index (χ3n) is 2.58. The van der Waals surface area contributed by atoms with E-state index in [1.807, 2.05) is 31.2 Å². The lowest BCUT2D eigenvalue weighted by molar-refractivity contribution is 0.412. The van der Waals surface area contributed by atoms with Crippen LogP contribution in [0.25, 0.3) is 11.4 Å². The third-order valence-corrected chi connectivity index (χ3v) is 2.58. The first-order valence-corrected chi connectivity index (χ1v) is 5.41. The zero-order valence-electron chi connectivity index (χ0n) is 9.97. The number of aryl methyl sites for hydroxylation is 1. The van der Waals surface area contributed by atoms with Gasteiger partial charge in [0.2, 0.25) is 0 Å². The predicted molar refractivity (Wildman–Crippen MR) is 66.6 cm³/mol. The van der Waals surface area contributed by atoms with Gasteiger partial charge in [-0.05, 0) is 36.8 Å². The first-order chi connectivity index (χ1) is 8.24. The Balaban J connectivity index is 2.42. The van der Waals surface area contributed by atoms with Crippen LogP contribution in [0.2, 0.25) is 0 Å². The fraction of sp³-hybridized carbons (Fsp3) is 0.231. The van der Waals surface area contributed by atoms with E-state index >= 15 is 0 Å². The molecular weight excluding hydrogens is 214 g/mol. The molecule has 1 heterocycles. The monoisotopic (exact) mass is 229 g/mol. The maximum atomic E-state index is 5.56. The Hall–Kier alpha value is -1.94. The molecule has 0 bridgehead atoms. The molecule has 0 radical (unpaired) electrons. The quantitative estimate of drug-likeness (QED) is 0.873. The first-order valence-electron chi connectivity index (χ1n) is 5.41. The van der Waals surface area contributed by atoms with E-state index in [1.54, 1.807) is 13.3 Å². The molecule has 0 saturated carbocycles. The van der Waals surface area contributed by atoms with Crippen LogP contribution in [0.15, 0.2) is 30.5 Å².